The van der Waals surface area contributed by atoms with Crippen LogP contribution in [0, 0.1) is 0 Å². The van der Waals surface area contributed by atoms with Crippen LogP contribution < -0.4 is 4.74 Å². The number of amides is 1. The number of ether oxygens (including phenoxy) is 1. The Morgan fingerprint density at radius 1 is 1.33 bits per heavy atom. The van der Waals surface area contributed by atoms with E-state index in [-0.39, 0.29) is 10.9 Å². The molecule has 1 aromatic rings. The number of carbonyl (C=O) groups is 1. The van der Waals surface area contributed by atoms with Gasteiger partial charge in [0.2, 0.25) is 0 Å². The van der Waals surface area contributed by atoms with Gasteiger partial charge < -0.3 is 9.29 Å². The molecule has 1 heterocycles. The van der Waals surface area contributed by atoms with Crippen molar-refractivity contribution in [2.24, 2.45) is 0 Å². The van der Waals surface area contributed by atoms with Crippen LogP contribution in [0.3, 0.4) is 0 Å². The van der Waals surface area contributed by atoms with Gasteiger partial charge in [0.05, 0.1) is 20.8 Å². The fraction of sp³-hybridized carbons (Fsp3) is 0.200. The predicted molar refractivity (Wildman–Crippen MR) is 96.6 cm³/mol. The molecule has 1 saturated heterocycles. The Bertz CT molecular complexity index is 784. The van der Waals surface area contributed by atoms with Crippen LogP contribution in [0.5, 0.6) is 5.75 Å². The summed E-state index contributed by atoms with van der Waals surface area (Å²) < 4.78 is 37.7. The average molecular weight is 384 g/mol. The van der Waals surface area contributed by atoms with E-state index in [4.69, 9.17) is 17.0 Å². The Morgan fingerprint density at radius 3 is 2.58 bits per heavy atom. The number of carbonyl (C=O) groups excluding carboxylic acids is 1. The zero-order valence-corrected chi connectivity index (χ0v) is 15.0. The summed E-state index contributed by atoms with van der Waals surface area (Å²) in [6, 6.07) is 7.10. The maximum absolute atomic E-state index is 12.3. The summed E-state index contributed by atoms with van der Waals surface area (Å²) in [7, 11) is -4.40. The topological polar surface area (TPSA) is 86.7 Å². The first-order chi connectivity index (χ1) is 11.3. The minimum atomic E-state index is -4.40. The Kier molecular flexibility index (Phi) is 6.16. The van der Waals surface area contributed by atoms with Crippen molar-refractivity contribution in [3.8, 4) is 5.75 Å². The van der Waals surface area contributed by atoms with E-state index in [2.05, 4.69) is 6.58 Å². The van der Waals surface area contributed by atoms with Gasteiger partial charge in [0.15, 0.2) is 0 Å². The molecule has 1 fully saturated rings. The SMILES string of the molecule is C=CCOc1ccc(/C=C2\SC(=S)N(CCS(=O)(=O)[O-])C2=O)cc1. The van der Waals surface area contributed by atoms with Gasteiger partial charge in [-0.05, 0) is 23.8 Å². The summed E-state index contributed by atoms with van der Waals surface area (Å²) in [5.74, 6) is -0.386. The Hall–Kier alpha value is -1.68. The molecule has 1 aliphatic heterocycles. The molecular formula is C15H14NO5S3-. The maximum atomic E-state index is 12.3. The highest BCUT2D eigenvalue weighted by molar-refractivity contribution is 8.26. The molecule has 2 rings (SSSR count). The van der Waals surface area contributed by atoms with E-state index in [0.717, 1.165) is 22.2 Å². The molecule has 0 aliphatic carbocycles. The number of nitrogens with zero attached hydrogens (tertiary/aromatic N) is 1. The predicted octanol–water partition coefficient (Wildman–Crippen LogP) is 2.00. The molecule has 0 saturated carbocycles. The quantitative estimate of drug-likeness (QED) is 0.307. The van der Waals surface area contributed by atoms with Crippen molar-refractivity contribution in [3.05, 3.63) is 47.4 Å². The molecule has 0 radical (unpaired) electrons. The summed E-state index contributed by atoms with van der Waals surface area (Å²) in [5, 5.41) is 0. The summed E-state index contributed by atoms with van der Waals surface area (Å²) in [6.07, 6.45) is 3.30. The zero-order chi connectivity index (χ0) is 17.7. The number of hydrogen-bond donors (Lipinski definition) is 0. The van der Waals surface area contributed by atoms with Gasteiger partial charge in [-0.1, -0.05) is 48.8 Å². The smallest absolute Gasteiger partial charge is 0.266 e. The summed E-state index contributed by atoms with van der Waals surface area (Å²) in [4.78, 5) is 13.8. The maximum Gasteiger partial charge on any atom is 0.266 e. The molecule has 128 valence electrons. The van der Waals surface area contributed by atoms with E-state index in [1.807, 2.05) is 0 Å². The van der Waals surface area contributed by atoms with Crippen LogP contribution in [0.2, 0.25) is 0 Å². The van der Waals surface area contributed by atoms with Crippen molar-refractivity contribution in [2.75, 3.05) is 18.9 Å². The number of thioether (sulfide) groups is 1. The van der Waals surface area contributed by atoms with E-state index in [0.29, 0.717) is 17.3 Å². The number of benzene rings is 1. The summed E-state index contributed by atoms with van der Waals surface area (Å²) in [5.41, 5.74) is 0.776. The Morgan fingerprint density at radius 2 is 2.00 bits per heavy atom. The first-order valence-electron chi connectivity index (χ1n) is 6.83. The van der Waals surface area contributed by atoms with Gasteiger partial charge in [0, 0.05) is 6.54 Å². The first kappa shape index (κ1) is 18.7. The third-order valence-electron chi connectivity index (χ3n) is 2.98. The van der Waals surface area contributed by atoms with Crippen molar-refractivity contribution < 1.29 is 22.5 Å². The highest BCUT2D eigenvalue weighted by Gasteiger charge is 2.31. The van der Waals surface area contributed by atoms with Crippen LogP contribution in [-0.2, 0) is 14.9 Å². The van der Waals surface area contributed by atoms with Gasteiger partial charge >= 0.3 is 0 Å². The number of hydrogen-bond acceptors (Lipinski definition) is 7. The van der Waals surface area contributed by atoms with Crippen LogP contribution in [0.1, 0.15) is 5.56 Å². The van der Waals surface area contributed by atoms with Gasteiger partial charge in [-0.25, -0.2) is 8.42 Å². The van der Waals surface area contributed by atoms with Crippen LogP contribution in [-0.4, -0.2) is 47.0 Å². The average Bonchev–Trinajstić information content (AvgIpc) is 2.78. The number of thiocarbonyl (C=S) groups is 1. The Balaban J connectivity index is 2.09. The summed E-state index contributed by atoms with van der Waals surface area (Å²) >= 11 is 6.14. The lowest BCUT2D eigenvalue weighted by molar-refractivity contribution is -0.121. The third-order valence-corrected chi connectivity index (χ3v) is 5.04. The fourth-order valence-electron chi connectivity index (χ4n) is 1.86. The molecule has 1 aliphatic rings. The van der Waals surface area contributed by atoms with Crippen molar-refractivity contribution in [2.45, 2.75) is 0 Å². The molecule has 0 N–H and O–H groups in total. The second-order valence-electron chi connectivity index (χ2n) is 4.76. The number of rotatable bonds is 7. The van der Waals surface area contributed by atoms with Gasteiger partial charge in [0.25, 0.3) is 5.91 Å². The van der Waals surface area contributed by atoms with E-state index in [9.17, 15) is 17.8 Å². The van der Waals surface area contributed by atoms with Gasteiger partial charge in [0.1, 0.15) is 16.7 Å². The molecular weight excluding hydrogens is 370 g/mol. The molecule has 0 unspecified atom stereocenters. The van der Waals surface area contributed by atoms with Crippen molar-refractivity contribution in [1.29, 1.82) is 0 Å². The second-order valence-corrected chi connectivity index (χ2v) is 7.96. The molecule has 0 spiro atoms. The minimum Gasteiger partial charge on any atom is -0.748 e. The molecule has 24 heavy (non-hydrogen) atoms. The van der Waals surface area contributed by atoms with Crippen molar-refractivity contribution >= 4 is 50.4 Å². The van der Waals surface area contributed by atoms with Crippen LogP contribution in [0.15, 0.2) is 41.8 Å². The van der Waals surface area contributed by atoms with Gasteiger partial charge in [-0.15, -0.1) is 0 Å². The van der Waals surface area contributed by atoms with Crippen molar-refractivity contribution in [3.63, 3.8) is 0 Å². The molecule has 1 aromatic carbocycles. The van der Waals surface area contributed by atoms with E-state index in [1.165, 1.54) is 0 Å². The molecule has 0 aromatic heterocycles. The molecule has 6 nitrogen and oxygen atoms in total. The van der Waals surface area contributed by atoms with Crippen LogP contribution in [0.25, 0.3) is 6.08 Å². The van der Waals surface area contributed by atoms with Crippen molar-refractivity contribution in [1.82, 2.24) is 4.90 Å². The highest BCUT2D eigenvalue weighted by Crippen LogP contribution is 2.32. The van der Waals surface area contributed by atoms with Crippen LogP contribution in [0.4, 0.5) is 0 Å². The fourth-order valence-corrected chi connectivity index (χ4v) is 3.58. The molecule has 0 atom stereocenters. The van der Waals surface area contributed by atoms with Gasteiger partial charge in [-0.3, -0.25) is 9.69 Å². The summed E-state index contributed by atoms with van der Waals surface area (Å²) in [6.45, 7) is 3.74. The highest BCUT2D eigenvalue weighted by atomic mass is 32.2. The second kappa shape index (κ2) is 7.93. The monoisotopic (exact) mass is 384 g/mol. The molecule has 9 heteroatoms. The molecule has 0 bridgehead atoms. The van der Waals surface area contributed by atoms with Crippen LogP contribution >= 0.6 is 24.0 Å². The minimum absolute atomic E-state index is 0.234. The lowest BCUT2D eigenvalue weighted by atomic mass is 10.2. The first-order valence-corrected chi connectivity index (χ1v) is 9.63. The zero-order valence-electron chi connectivity index (χ0n) is 12.5. The normalized spacial score (nSPS) is 16.7. The van der Waals surface area contributed by atoms with Gasteiger partial charge in [-0.2, -0.15) is 0 Å². The third kappa shape index (κ3) is 5.17. The van der Waals surface area contributed by atoms with E-state index < -0.39 is 21.8 Å². The van der Waals surface area contributed by atoms with E-state index in [1.54, 1.807) is 36.4 Å². The molecule has 1 amide bonds. The lowest BCUT2D eigenvalue weighted by Crippen LogP contribution is -2.32. The lowest BCUT2D eigenvalue weighted by Gasteiger charge is -2.15. The van der Waals surface area contributed by atoms with E-state index >= 15 is 0 Å². The Labute approximate surface area is 149 Å². The standard InChI is InChI=1S/C15H15NO5S3/c1-2-8-21-12-5-3-11(4-6-12)10-13-14(17)16(15(22)23-13)7-9-24(18,19)20/h2-6,10H,1,7-9H2,(H,18,19,20)/p-1/b13-10-. The largest absolute Gasteiger partial charge is 0.748 e.